The lowest BCUT2D eigenvalue weighted by atomic mass is 10.4. The fraction of sp³-hybridized carbons (Fsp3) is 0.700. The molecule has 0 atom stereocenters. The summed E-state index contributed by atoms with van der Waals surface area (Å²) in [6.07, 6.45) is 4.50. The van der Waals surface area contributed by atoms with Crippen LogP contribution in [0.3, 0.4) is 0 Å². The van der Waals surface area contributed by atoms with E-state index in [0.29, 0.717) is 0 Å². The first-order chi connectivity index (χ1) is 6.34. The molecule has 0 aliphatic rings. The van der Waals surface area contributed by atoms with Gasteiger partial charge in [0.05, 0.1) is 6.54 Å². The normalized spacial score (nSPS) is 10.6. The summed E-state index contributed by atoms with van der Waals surface area (Å²) in [5.41, 5.74) is 1.26. The van der Waals surface area contributed by atoms with Crippen molar-refractivity contribution in [1.82, 2.24) is 9.78 Å². The number of thioether (sulfide) groups is 1. The molecule has 1 aromatic rings. The van der Waals surface area contributed by atoms with Gasteiger partial charge in [0.25, 0.3) is 0 Å². The van der Waals surface area contributed by atoms with Crippen molar-refractivity contribution in [3.63, 3.8) is 0 Å². The van der Waals surface area contributed by atoms with Gasteiger partial charge in [-0.05, 0) is 25.2 Å². The van der Waals surface area contributed by atoms with Gasteiger partial charge in [-0.25, -0.2) is 0 Å². The maximum atomic E-state index is 4.24. The lowest BCUT2D eigenvalue weighted by molar-refractivity contribution is 0.646. The fourth-order valence-corrected chi connectivity index (χ4v) is 2.13. The average molecular weight is 198 g/mol. The summed E-state index contributed by atoms with van der Waals surface area (Å²) in [4.78, 5) is 0. The van der Waals surface area contributed by atoms with Gasteiger partial charge in [-0.2, -0.15) is 16.9 Å². The molecule has 2 nitrogen and oxygen atoms in total. The Bertz CT molecular complexity index is 233. The van der Waals surface area contributed by atoms with E-state index in [1.54, 1.807) is 0 Å². The maximum absolute atomic E-state index is 4.24. The number of hydrogen-bond donors (Lipinski definition) is 0. The van der Waals surface area contributed by atoms with Gasteiger partial charge in [0, 0.05) is 17.6 Å². The summed E-state index contributed by atoms with van der Waals surface area (Å²) in [5.74, 6) is 2.47. The molecule has 0 aliphatic carbocycles. The zero-order valence-corrected chi connectivity index (χ0v) is 9.31. The summed E-state index contributed by atoms with van der Waals surface area (Å²) >= 11 is 2.02. The molecule has 3 heteroatoms. The highest BCUT2D eigenvalue weighted by molar-refractivity contribution is 7.99. The highest BCUT2D eigenvalue weighted by Crippen LogP contribution is 2.06. The van der Waals surface area contributed by atoms with Crippen LogP contribution in [0, 0.1) is 6.92 Å². The largest absolute Gasteiger partial charge is 0.269 e. The Balaban J connectivity index is 2.10. The first-order valence-electron chi connectivity index (χ1n) is 4.90. The second-order valence-corrected chi connectivity index (χ2v) is 4.39. The van der Waals surface area contributed by atoms with Crippen LogP contribution in [0.5, 0.6) is 0 Å². The molecule has 13 heavy (non-hydrogen) atoms. The summed E-state index contributed by atoms with van der Waals surface area (Å²) in [5, 5.41) is 4.24. The fourth-order valence-electron chi connectivity index (χ4n) is 1.13. The Morgan fingerprint density at radius 1 is 1.46 bits per heavy atom. The number of rotatable bonds is 6. The van der Waals surface area contributed by atoms with Crippen molar-refractivity contribution < 1.29 is 0 Å². The van der Waals surface area contributed by atoms with Crippen LogP contribution in [0.1, 0.15) is 25.5 Å². The van der Waals surface area contributed by atoms with Crippen LogP contribution in [-0.4, -0.2) is 21.3 Å². The summed E-state index contributed by atoms with van der Waals surface area (Å²) < 4.78 is 2.07. The van der Waals surface area contributed by atoms with Gasteiger partial charge in [-0.1, -0.05) is 13.3 Å². The Labute approximate surface area is 84.7 Å². The second kappa shape index (κ2) is 6.08. The molecular formula is C10H18N2S. The van der Waals surface area contributed by atoms with Crippen LogP contribution in [0.4, 0.5) is 0 Å². The van der Waals surface area contributed by atoms with E-state index in [0.717, 1.165) is 6.54 Å². The topological polar surface area (TPSA) is 17.8 Å². The highest BCUT2D eigenvalue weighted by atomic mass is 32.2. The van der Waals surface area contributed by atoms with Crippen molar-refractivity contribution in [3.05, 3.63) is 18.0 Å². The van der Waals surface area contributed by atoms with Gasteiger partial charge in [-0.15, -0.1) is 0 Å². The minimum absolute atomic E-state index is 1.05. The average Bonchev–Trinajstić information content (AvgIpc) is 2.52. The molecule has 0 aliphatic heterocycles. The first-order valence-corrected chi connectivity index (χ1v) is 6.06. The number of aryl methyl sites for hydroxylation is 2. The lowest BCUT2D eigenvalue weighted by Crippen LogP contribution is -2.04. The van der Waals surface area contributed by atoms with Crippen LogP contribution in [0.25, 0.3) is 0 Å². The summed E-state index contributed by atoms with van der Waals surface area (Å²) in [6, 6.07) is 2.05. The van der Waals surface area contributed by atoms with E-state index in [9.17, 15) is 0 Å². The Hall–Kier alpha value is -0.440. The van der Waals surface area contributed by atoms with Gasteiger partial charge in [-0.3, -0.25) is 4.68 Å². The number of unbranched alkanes of at least 4 members (excludes halogenated alkanes) is 1. The number of nitrogens with zero attached hydrogens (tertiary/aromatic N) is 2. The molecule has 0 amide bonds. The number of aromatic nitrogens is 2. The SMILES string of the molecule is CCCCSCCn1nccc1C. The molecule has 0 fully saturated rings. The van der Waals surface area contributed by atoms with E-state index in [2.05, 4.69) is 29.7 Å². The zero-order valence-electron chi connectivity index (χ0n) is 8.49. The predicted molar refractivity (Wildman–Crippen MR) is 59.2 cm³/mol. The third-order valence-electron chi connectivity index (χ3n) is 2.02. The van der Waals surface area contributed by atoms with Gasteiger partial charge >= 0.3 is 0 Å². The quantitative estimate of drug-likeness (QED) is 0.654. The van der Waals surface area contributed by atoms with Crippen LogP contribution in [0.15, 0.2) is 12.3 Å². The lowest BCUT2D eigenvalue weighted by Gasteiger charge is -2.03. The molecule has 0 unspecified atom stereocenters. The monoisotopic (exact) mass is 198 g/mol. The van der Waals surface area contributed by atoms with Crippen molar-refractivity contribution in [2.24, 2.45) is 0 Å². The minimum atomic E-state index is 1.05. The molecule has 0 spiro atoms. The Kier molecular flexibility index (Phi) is 4.98. The van der Waals surface area contributed by atoms with E-state index < -0.39 is 0 Å². The van der Waals surface area contributed by atoms with Crippen molar-refractivity contribution in [2.75, 3.05) is 11.5 Å². The molecule has 0 N–H and O–H groups in total. The minimum Gasteiger partial charge on any atom is -0.269 e. The Morgan fingerprint density at radius 3 is 2.92 bits per heavy atom. The molecular weight excluding hydrogens is 180 g/mol. The third-order valence-corrected chi connectivity index (χ3v) is 3.07. The molecule has 0 saturated carbocycles. The van der Waals surface area contributed by atoms with Crippen LogP contribution in [-0.2, 0) is 6.54 Å². The molecule has 1 aromatic heterocycles. The summed E-state index contributed by atoms with van der Waals surface area (Å²) in [7, 11) is 0. The molecule has 0 bridgehead atoms. The van der Waals surface area contributed by atoms with Gasteiger partial charge in [0.15, 0.2) is 0 Å². The van der Waals surface area contributed by atoms with Crippen molar-refractivity contribution in [2.45, 2.75) is 33.2 Å². The molecule has 0 radical (unpaired) electrons. The van der Waals surface area contributed by atoms with Crippen molar-refractivity contribution >= 4 is 11.8 Å². The van der Waals surface area contributed by atoms with E-state index >= 15 is 0 Å². The molecule has 0 saturated heterocycles. The van der Waals surface area contributed by atoms with Gasteiger partial charge in [0.2, 0.25) is 0 Å². The maximum Gasteiger partial charge on any atom is 0.0502 e. The smallest absolute Gasteiger partial charge is 0.0502 e. The molecule has 74 valence electrons. The standard InChI is InChI=1S/C10H18N2S/c1-3-4-8-13-9-7-12-10(2)5-6-11-12/h5-6H,3-4,7-9H2,1-2H3. The number of hydrogen-bond acceptors (Lipinski definition) is 2. The van der Waals surface area contributed by atoms with Crippen molar-refractivity contribution in [3.8, 4) is 0 Å². The van der Waals surface area contributed by atoms with Crippen molar-refractivity contribution in [1.29, 1.82) is 0 Å². The molecule has 0 aromatic carbocycles. The third kappa shape index (κ3) is 3.85. The Morgan fingerprint density at radius 2 is 2.31 bits per heavy atom. The van der Waals surface area contributed by atoms with E-state index in [4.69, 9.17) is 0 Å². The van der Waals surface area contributed by atoms with Crippen LogP contribution in [0.2, 0.25) is 0 Å². The van der Waals surface area contributed by atoms with E-state index in [1.165, 1.54) is 30.0 Å². The van der Waals surface area contributed by atoms with Crippen LogP contribution >= 0.6 is 11.8 Å². The van der Waals surface area contributed by atoms with E-state index in [-0.39, 0.29) is 0 Å². The van der Waals surface area contributed by atoms with Gasteiger partial charge < -0.3 is 0 Å². The zero-order chi connectivity index (χ0) is 9.52. The van der Waals surface area contributed by atoms with E-state index in [1.807, 2.05) is 18.0 Å². The summed E-state index contributed by atoms with van der Waals surface area (Å²) in [6.45, 7) is 5.38. The molecule has 1 heterocycles. The highest BCUT2D eigenvalue weighted by Gasteiger charge is 1.95. The first kappa shape index (κ1) is 10.6. The predicted octanol–water partition coefficient (Wildman–Crippen LogP) is 2.72. The van der Waals surface area contributed by atoms with Gasteiger partial charge in [0.1, 0.15) is 0 Å². The molecule has 1 rings (SSSR count). The second-order valence-electron chi connectivity index (χ2n) is 3.16. The van der Waals surface area contributed by atoms with Crippen LogP contribution < -0.4 is 0 Å².